The molecule has 0 atom stereocenters. The summed E-state index contributed by atoms with van der Waals surface area (Å²) in [5.74, 6) is 0.597. The lowest BCUT2D eigenvalue weighted by atomic mass is 10.1. The van der Waals surface area contributed by atoms with Crippen LogP contribution in [0, 0.1) is 5.92 Å². The molecule has 0 saturated heterocycles. The molecular formula is C12H25NO2. The molecule has 0 aliphatic heterocycles. The van der Waals surface area contributed by atoms with Crippen LogP contribution in [0.1, 0.15) is 46.5 Å². The first kappa shape index (κ1) is 14.4. The Kier molecular flexibility index (Phi) is 8.38. The molecule has 0 radical (unpaired) electrons. The van der Waals surface area contributed by atoms with Gasteiger partial charge in [0.2, 0.25) is 5.91 Å². The molecule has 0 unspecified atom stereocenters. The van der Waals surface area contributed by atoms with Crippen LogP contribution in [0.15, 0.2) is 0 Å². The lowest BCUT2D eigenvalue weighted by Gasteiger charge is -2.21. The van der Waals surface area contributed by atoms with E-state index in [-0.39, 0.29) is 12.5 Å². The van der Waals surface area contributed by atoms with Gasteiger partial charge in [-0.15, -0.1) is 0 Å². The van der Waals surface area contributed by atoms with E-state index in [1.807, 2.05) is 6.92 Å². The molecule has 1 amide bonds. The molecule has 0 saturated carbocycles. The molecule has 1 N–H and O–H groups in total. The third-order valence-corrected chi connectivity index (χ3v) is 2.44. The number of aliphatic hydroxyl groups is 1. The van der Waals surface area contributed by atoms with Crippen LogP contribution in [0.2, 0.25) is 0 Å². The van der Waals surface area contributed by atoms with Gasteiger partial charge in [-0.25, -0.2) is 0 Å². The number of hydrogen-bond acceptors (Lipinski definition) is 2. The van der Waals surface area contributed by atoms with Gasteiger partial charge in [-0.05, 0) is 18.8 Å². The predicted octanol–water partition coefficient (Wildman–Crippen LogP) is 2.04. The Balaban J connectivity index is 3.71. The van der Waals surface area contributed by atoms with Crippen molar-refractivity contribution < 1.29 is 9.90 Å². The molecule has 0 heterocycles. The van der Waals surface area contributed by atoms with Gasteiger partial charge in [-0.1, -0.05) is 33.6 Å². The summed E-state index contributed by atoms with van der Waals surface area (Å²) < 4.78 is 0. The highest BCUT2D eigenvalue weighted by Gasteiger charge is 2.10. The summed E-state index contributed by atoms with van der Waals surface area (Å²) in [5, 5.41) is 8.79. The summed E-state index contributed by atoms with van der Waals surface area (Å²) >= 11 is 0. The van der Waals surface area contributed by atoms with Crippen LogP contribution in [0.5, 0.6) is 0 Å². The average molecular weight is 215 g/mol. The minimum Gasteiger partial charge on any atom is -0.387 e. The minimum absolute atomic E-state index is 0.138. The molecule has 0 aromatic carbocycles. The number of nitrogens with zero attached hydrogens (tertiary/aromatic N) is 1. The molecule has 3 nitrogen and oxygen atoms in total. The Bertz CT molecular complexity index is 169. The summed E-state index contributed by atoms with van der Waals surface area (Å²) in [6.45, 7) is 7.67. The Morgan fingerprint density at radius 1 is 1.27 bits per heavy atom. The molecule has 0 aliphatic rings. The fraction of sp³-hybridized carbons (Fsp3) is 0.917. The molecule has 0 spiro atoms. The zero-order valence-electron chi connectivity index (χ0n) is 10.3. The van der Waals surface area contributed by atoms with E-state index in [9.17, 15) is 4.79 Å². The van der Waals surface area contributed by atoms with Gasteiger partial charge in [0.05, 0.1) is 0 Å². The number of aliphatic hydroxyl groups excluding tert-OH is 1. The topological polar surface area (TPSA) is 40.5 Å². The molecule has 0 rings (SSSR count). The first-order valence-electron chi connectivity index (χ1n) is 6.00. The minimum atomic E-state index is -0.357. The van der Waals surface area contributed by atoms with Crippen molar-refractivity contribution in [3.8, 4) is 0 Å². The number of carbonyl (C=O) groups excluding carboxylic acids is 1. The standard InChI is InChI=1S/C12H25NO2/c1-4-8-13(12(15)10-14)9-6-5-7-11(2)3/h11,14H,4-10H2,1-3H3. The van der Waals surface area contributed by atoms with Gasteiger partial charge >= 0.3 is 0 Å². The predicted molar refractivity (Wildman–Crippen MR) is 62.6 cm³/mol. The maximum Gasteiger partial charge on any atom is 0.248 e. The first-order valence-corrected chi connectivity index (χ1v) is 6.00. The van der Waals surface area contributed by atoms with Crippen molar-refractivity contribution in [3.05, 3.63) is 0 Å². The van der Waals surface area contributed by atoms with Crippen molar-refractivity contribution in [1.29, 1.82) is 0 Å². The van der Waals surface area contributed by atoms with E-state index in [1.54, 1.807) is 4.90 Å². The highest BCUT2D eigenvalue weighted by Crippen LogP contribution is 2.07. The van der Waals surface area contributed by atoms with Crippen LogP contribution in [-0.2, 0) is 4.79 Å². The molecule has 0 bridgehead atoms. The summed E-state index contributed by atoms with van der Waals surface area (Å²) in [4.78, 5) is 13.1. The van der Waals surface area contributed by atoms with Gasteiger partial charge in [0.15, 0.2) is 0 Å². The van der Waals surface area contributed by atoms with E-state index in [2.05, 4.69) is 13.8 Å². The van der Waals surface area contributed by atoms with Crippen LogP contribution in [0.4, 0.5) is 0 Å². The van der Waals surface area contributed by atoms with Crippen molar-refractivity contribution in [3.63, 3.8) is 0 Å². The van der Waals surface area contributed by atoms with Crippen molar-refractivity contribution >= 4 is 5.91 Å². The highest BCUT2D eigenvalue weighted by molar-refractivity contribution is 5.77. The van der Waals surface area contributed by atoms with E-state index in [0.717, 1.165) is 38.3 Å². The van der Waals surface area contributed by atoms with E-state index in [0.29, 0.717) is 0 Å². The Labute approximate surface area is 93.5 Å². The Morgan fingerprint density at radius 2 is 1.93 bits per heavy atom. The van der Waals surface area contributed by atoms with Crippen LogP contribution in [-0.4, -0.2) is 35.6 Å². The zero-order chi connectivity index (χ0) is 11.7. The molecule has 90 valence electrons. The van der Waals surface area contributed by atoms with E-state index < -0.39 is 0 Å². The largest absolute Gasteiger partial charge is 0.387 e. The smallest absolute Gasteiger partial charge is 0.248 e. The van der Waals surface area contributed by atoms with E-state index in [4.69, 9.17) is 5.11 Å². The second-order valence-corrected chi connectivity index (χ2v) is 4.43. The Morgan fingerprint density at radius 3 is 2.40 bits per heavy atom. The van der Waals surface area contributed by atoms with Gasteiger partial charge < -0.3 is 10.0 Å². The molecule has 0 aliphatic carbocycles. The molecule has 0 aromatic rings. The van der Waals surface area contributed by atoms with Crippen molar-refractivity contribution in [2.24, 2.45) is 5.92 Å². The monoisotopic (exact) mass is 215 g/mol. The van der Waals surface area contributed by atoms with Crippen molar-refractivity contribution in [1.82, 2.24) is 4.90 Å². The SMILES string of the molecule is CCCN(CCCCC(C)C)C(=O)CO. The second-order valence-electron chi connectivity index (χ2n) is 4.43. The van der Waals surface area contributed by atoms with Crippen LogP contribution in [0.25, 0.3) is 0 Å². The van der Waals surface area contributed by atoms with Crippen LogP contribution >= 0.6 is 0 Å². The van der Waals surface area contributed by atoms with Gasteiger partial charge in [-0.3, -0.25) is 4.79 Å². The third-order valence-electron chi connectivity index (χ3n) is 2.44. The summed E-state index contributed by atoms with van der Waals surface area (Å²) in [7, 11) is 0. The third kappa shape index (κ3) is 7.37. The normalized spacial score (nSPS) is 10.7. The Hall–Kier alpha value is -0.570. The molecular weight excluding hydrogens is 190 g/mol. The molecule has 0 aromatic heterocycles. The average Bonchev–Trinajstić information content (AvgIpc) is 2.21. The second kappa shape index (κ2) is 8.72. The number of carbonyl (C=O) groups is 1. The van der Waals surface area contributed by atoms with E-state index in [1.165, 1.54) is 6.42 Å². The number of amides is 1. The summed E-state index contributed by atoms with van der Waals surface area (Å²) in [6, 6.07) is 0. The molecule has 15 heavy (non-hydrogen) atoms. The summed E-state index contributed by atoms with van der Waals surface area (Å²) in [5.41, 5.74) is 0. The fourth-order valence-electron chi connectivity index (χ4n) is 1.59. The van der Waals surface area contributed by atoms with Gasteiger partial charge in [0.1, 0.15) is 6.61 Å². The van der Waals surface area contributed by atoms with Crippen molar-refractivity contribution in [2.75, 3.05) is 19.7 Å². The quantitative estimate of drug-likeness (QED) is 0.629. The van der Waals surface area contributed by atoms with Gasteiger partial charge in [-0.2, -0.15) is 0 Å². The zero-order valence-corrected chi connectivity index (χ0v) is 10.3. The fourth-order valence-corrected chi connectivity index (χ4v) is 1.59. The van der Waals surface area contributed by atoms with Crippen molar-refractivity contribution in [2.45, 2.75) is 46.5 Å². The lowest BCUT2D eigenvalue weighted by Crippen LogP contribution is -2.34. The maximum absolute atomic E-state index is 11.3. The van der Waals surface area contributed by atoms with Crippen LogP contribution in [0.3, 0.4) is 0 Å². The molecule has 3 heteroatoms. The molecule has 0 fully saturated rings. The lowest BCUT2D eigenvalue weighted by molar-refractivity contribution is -0.134. The van der Waals surface area contributed by atoms with Crippen LogP contribution < -0.4 is 0 Å². The van der Waals surface area contributed by atoms with E-state index >= 15 is 0 Å². The van der Waals surface area contributed by atoms with Gasteiger partial charge in [0.25, 0.3) is 0 Å². The highest BCUT2D eigenvalue weighted by atomic mass is 16.3. The number of rotatable bonds is 8. The van der Waals surface area contributed by atoms with Gasteiger partial charge in [0, 0.05) is 13.1 Å². The summed E-state index contributed by atoms with van der Waals surface area (Å²) in [6.07, 6.45) is 4.38. The first-order chi connectivity index (χ1) is 7.11. The number of unbranched alkanes of at least 4 members (excludes halogenated alkanes) is 1. The number of hydrogen-bond donors (Lipinski definition) is 1. The maximum atomic E-state index is 11.3.